The van der Waals surface area contributed by atoms with Crippen molar-refractivity contribution in [3.8, 4) is 0 Å². The second kappa shape index (κ2) is 10.8. The monoisotopic (exact) mass is 508 g/mol. The quantitative estimate of drug-likeness (QED) is 0.377. The SMILES string of the molecule is CCO[C@H]1OC(=O)C[C@H]1NC(=O)[C@H]1CCCN1C(=O)[C@H](NC(=O)c1ccc(N)c(Cl)c1)C(C)(C)C. The molecule has 0 bridgehead atoms. The van der Waals surface area contributed by atoms with Gasteiger partial charge in [-0.3, -0.25) is 19.2 Å². The number of nitrogen functional groups attached to an aromatic ring is 1. The Hall–Kier alpha value is -2.85. The van der Waals surface area contributed by atoms with Crippen LogP contribution in [0.2, 0.25) is 5.02 Å². The standard InChI is InChI=1S/C24H33ClN4O6/c1-5-34-23-16(12-18(30)35-23)27-21(32)17-7-6-10-29(17)22(33)19(24(2,3)4)28-20(31)13-8-9-15(26)14(25)11-13/h8-9,11,16-17,19,23H,5-7,10,12,26H2,1-4H3,(H,27,32)(H,28,31)/t16-,17-,19+,23+/m1/s1. The third-order valence-electron chi connectivity index (χ3n) is 6.11. The molecule has 11 heteroatoms. The topological polar surface area (TPSA) is 140 Å². The van der Waals surface area contributed by atoms with Crippen LogP contribution < -0.4 is 16.4 Å². The molecule has 35 heavy (non-hydrogen) atoms. The number of hydrogen-bond donors (Lipinski definition) is 3. The number of cyclic esters (lactones) is 1. The Labute approximate surface area is 209 Å². The Morgan fingerprint density at radius 2 is 2.03 bits per heavy atom. The van der Waals surface area contributed by atoms with Crippen molar-refractivity contribution in [3.63, 3.8) is 0 Å². The number of carbonyl (C=O) groups excluding carboxylic acids is 4. The smallest absolute Gasteiger partial charge is 0.310 e. The lowest BCUT2D eigenvalue weighted by Gasteiger charge is -2.35. The molecule has 2 heterocycles. The lowest BCUT2D eigenvalue weighted by Crippen LogP contribution is -2.58. The Kier molecular flexibility index (Phi) is 8.27. The molecule has 0 aromatic heterocycles. The van der Waals surface area contributed by atoms with E-state index in [1.54, 1.807) is 6.92 Å². The van der Waals surface area contributed by atoms with Crippen molar-refractivity contribution in [1.29, 1.82) is 0 Å². The summed E-state index contributed by atoms with van der Waals surface area (Å²) in [6.07, 6.45) is 0.255. The highest BCUT2D eigenvalue weighted by atomic mass is 35.5. The molecular formula is C24H33ClN4O6. The zero-order valence-corrected chi connectivity index (χ0v) is 21.2. The number of nitrogens with two attached hydrogens (primary N) is 1. The van der Waals surface area contributed by atoms with E-state index in [-0.39, 0.29) is 28.8 Å². The summed E-state index contributed by atoms with van der Waals surface area (Å²) in [5.74, 6) is -1.66. The van der Waals surface area contributed by atoms with Gasteiger partial charge in [-0.2, -0.15) is 0 Å². The molecule has 4 N–H and O–H groups in total. The number of hydrogen-bond acceptors (Lipinski definition) is 7. The molecule has 2 fully saturated rings. The van der Waals surface area contributed by atoms with Crippen LogP contribution in [0.15, 0.2) is 18.2 Å². The first-order valence-corrected chi connectivity index (χ1v) is 12.1. The Balaban J connectivity index is 1.74. The fourth-order valence-corrected chi connectivity index (χ4v) is 4.43. The molecule has 0 radical (unpaired) electrons. The maximum absolute atomic E-state index is 13.6. The second-order valence-corrected chi connectivity index (χ2v) is 10.2. The van der Waals surface area contributed by atoms with Crippen LogP contribution in [0.1, 0.15) is 57.3 Å². The molecule has 2 aliphatic heterocycles. The molecule has 1 aromatic rings. The van der Waals surface area contributed by atoms with E-state index >= 15 is 0 Å². The molecule has 0 unspecified atom stereocenters. The summed E-state index contributed by atoms with van der Waals surface area (Å²) in [5.41, 5.74) is 5.71. The van der Waals surface area contributed by atoms with E-state index in [2.05, 4.69) is 10.6 Å². The fraction of sp³-hybridized carbons (Fsp3) is 0.583. The molecular weight excluding hydrogens is 476 g/mol. The van der Waals surface area contributed by atoms with Gasteiger partial charge in [-0.15, -0.1) is 0 Å². The zero-order valence-electron chi connectivity index (χ0n) is 20.4. The van der Waals surface area contributed by atoms with E-state index in [1.165, 1.54) is 23.1 Å². The lowest BCUT2D eigenvalue weighted by atomic mass is 9.85. The molecule has 4 atom stereocenters. The molecule has 3 rings (SSSR count). The van der Waals surface area contributed by atoms with Crippen LogP contribution in [0, 0.1) is 5.41 Å². The van der Waals surface area contributed by atoms with Crippen LogP contribution in [0.4, 0.5) is 5.69 Å². The van der Waals surface area contributed by atoms with Crippen LogP contribution in [0.3, 0.4) is 0 Å². The molecule has 10 nitrogen and oxygen atoms in total. The molecule has 0 aliphatic carbocycles. The number of anilines is 1. The van der Waals surface area contributed by atoms with Crippen molar-refractivity contribution in [3.05, 3.63) is 28.8 Å². The van der Waals surface area contributed by atoms with Crippen LogP contribution in [-0.4, -0.2) is 66.2 Å². The highest BCUT2D eigenvalue weighted by molar-refractivity contribution is 6.33. The fourth-order valence-electron chi connectivity index (χ4n) is 4.25. The average molecular weight is 509 g/mol. The van der Waals surface area contributed by atoms with E-state index in [1.807, 2.05) is 20.8 Å². The summed E-state index contributed by atoms with van der Waals surface area (Å²) in [4.78, 5) is 52.9. The van der Waals surface area contributed by atoms with Gasteiger partial charge >= 0.3 is 5.97 Å². The minimum absolute atomic E-state index is 0.00188. The van der Waals surface area contributed by atoms with Crippen molar-refractivity contribution in [2.75, 3.05) is 18.9 Å². The minimum Gasteiger partial charge on any atom is -0.433 e. The first kappa shape index (κ1) is 26.7. The predicted octanol–water partition coefficient (Wildman–Crippen LogP) is 1.85. The Morgan fingerprint density at radius 3 is 2.66 bits per heavy atom. The largest absolute Gasteiger partial charge is 0.433 e. The molecule has 3 amide bonds. The minimum atomic E-state index is -0.896. The van der Waals surface area contributed by atoms with Crippen LogP contribution in [-0.2, 0) is 23.9 Å². The van der Waals surface area contributed by atoms with E-state index < -0.39 is 41.7 Å². The maximum Gasteiger partial charge on any atom is 0.310 e. The number of rotatable bonds is 7. The Bertz CT molecular complexity index is 995. The summed E-state index contributed by atoms with van der Waals surface area (Å²) in [6.45, 7) is 7.98. The van der Waals surface area contributed by atoms with Gasteiger partial charge in [0.15, 0.2) is 0 Å². The first-order chi connectivity index (χ1) is 16.4. The van der Waals surface area contributed by atoms with Gasteiger partial charge in [0, 0.05) is 18.7 Å². The number of ether oxygens (including phenoxy) is 2. The van der Waals surface area contributed by atoms with Gasteiger partial charge in [0.25, 0.3) is 5.91 Å². The summed E-state index contributed by atoms with van der Waals surface area (Å²) < 4.78 is 10.5. The van der Waals surface area contributed by atoms with E-state index in [0.717, 1.165) is 0 Å². The number of nitrogens with zero attached hydrogens (tertiary/aromatic N) is 1. The van der Waals surface area contributed by atoms with E-state index in [9.17, 15) is 19.2 Å². The molecule has 0 saturated carbocycles. The third-order valence-corrected chi connectivity index (χ3v) is 6.44. The summed E-state index contributed by atoms with van der Waals surface area (Å²) in [6, 6.07) is 2.26. The highest BCUT2D eigenvalue weighted by Crippen LogP contribution is 2.27. The number of esters is 1. The van der Waals surface area contributed by atoms with Crippen molar-refractivity contribution in [2.24, 2.45) is 5.41 Å². The molecule has 1 aromatic carbocycles. The van der Waals surface area contributed by atoms with Crippen molar-refractivity contribution in [1.82, 2.24) is 15.5 Å². The third kappa shape index (κ3) is 6.24. The van der Waals surface area contributed by atoms with E-state index in [4.69, 9.17) is 26.8 Å². The van der Waals surface area contributed by atoms with Gasteiger partial charge in [-0.1, -0.05) is 32.4 Å². The van der Waals surface area contributed by atoms with Crippen molar-refractivity contribution < 1.29 is 28.7 Å². The lowest BCUT2D eigenvalue weighted by molar-refractivity contribution is -0.164. The van der Waals surface area contributed by atoms with Crippen molar-refractivity contribution >= 4 is 41.0 Å². The van der Waals surface area contributed by atoms with Crippen LogP contribution in [0.5, 0.6) is 0 Å². The van der Waals surface area contributed by atoms with Crippen molar-refractivity contribution in [2.45, 2.75) is 71.4 Å². The second-order valence-electron chi connectivity index (χ2n) is 9.83. The molecule has 2 saturated heterocycles. The summed E-state index contributed by atoms with van der Waals surface area (Å²) in [5, 5.41) is 5.86. The van der Waals surface area contributed by atoms with E-state index in [0.29, 0.717) is 31.7 Å². The number of benzene rings is 1. The number of halogens is 1. The van der Waals surface area contributed by atoms with Crippen LogP contribution in [0.25, 0.3) is 0 Å². The average Bonchev–Trinajstić information content (AvgIpc) is 3.39. The van der Waals surface area contributed by atoms with Gasteiger partial charge in [0.05, 0.1) is 17.1 Å². The van der Waals surface area contributed by atoms with Crippen LogP contribution >= 0.6 is 11.6 Å². The van der Waals surface area contributed by atoms with Gasteiger partial charge in [0.2, 0.25) is 18.1 Å². The van der Waals surface area contributed by atoms with Gasteiger partial charge in [-0.05, 0) is 43.4 Å². The Morgan fingerprint density at radius 1 is 1.31 bits per heavy atom. The molecule has 192 valence electrons. The van der Waals surface area contributed by atoms with Gasteiger partial charge < -0.3 is 30.7 Å². The predicted molar refractivity (Wildman–Crippen MR) is 129 cm³/mol. The first-order valence-electron chi connectivity index (χ1n) is 11.7. The molecule has 0 spiro atoms. The maximum atomic E-state index is 13.6. The molecule has 2 aliphatic rings. The van der Waals surface area contributed by atoms with Gasteiger partial charge in [0.1, 0.15) is 18.1 Å². The number of amides is 3. The summed E-state index contributed by atoms with van der Waals surface area (Å²) >= 11 is 6.05. The highest BCUT2D eigenvalue weighted by Gasteiger charge is 2.44. The zero-order chi connectivity index (χ0) is 25.9. The summed E-state index contributed by atoms with van der Waals surface area (Å²) in [7, 11) is 0. The number of carbonyl (C=O) groups is 4. The normalized spacial score (nSPS) is 23.1. The number of nitrogens with one attached hydrogen (secondary N) is 2. The van der Waals surface area contributed by atoms with Gasteiger partial charge in [-0.25, -0.2) is 0 Å². The number of likely N-dealkylation sites (tertiary alicyclic amines) is 1.